The Kier molecular flexibility index (Phi) is 4.90. The van der Waals surface area contributed by atoms with Gasteiger partial charge in [0, 0.05) is 12.6 Å². The van der Waals surface area contributed by atoms with Gasteiger partial charge in [-0.05, 0) is 38.8 Å². The molecule has 1 fully saturated rings. The molecule has 1 rings (SSSR count). The summed E-state index contributed by atoms with van der Waals surface area (Å²) in [6, 6.07) is 0.228. The summed E-state index contributed by atoms with van der Waals surface area (Å²) in [7, 11) is 0. The summed E-state index contributed by atoms with van der Waals surface area (Å²) in [5, 5.41) is 17.3. The van der Waals surface area contributed by atoms with Crippen molar-refractivity contribution in [2.75, 3.05) is 19.7 Å². The molecule has 1 heterocycles. The van der Waals surface area contributed by atoms with Crippen molar-refractivity contribution in [2.24, 2.45) is 0 Å². The number of aliphatic hydroxyl groups excluding tert-OH is 1. The molecule has 0 bridgehead atoms. The second-order valence-electron chi connectivity index (χ2n) is 3.86. The smallest absolute Gasteiger partial charge is 0.304 e. The molecule has 14 heavy (non-hydrogen) atoms. The quantitative estimate of drug-likeness (QED) is 0.621. The van der Waals surface area contributed by atoms with Gasteiger partial charge in [-0.2, -0.15) is 0 Å². The molecular weight excluding hydrogens is 182 g/mol. The lowest BCUT2D eigenvalue weighted by atomic mass is 10.1. The van der Waals surface area contributed by atoms with E-state index in [9.17, 15) is 4.79 Å². The standard InChI is InChI=1S/C10H19NO3/c12-7-2-1-5-11-6-3-4-9(11)8-10(13)14/h9,12H,1-8H2,(H,13,14). The molecule has 0 radical (unpaired) electrons. The minimum Gasteiger partial charge on any atom is -0.481 e. The number of hydrogen-bond acceptors (Lipinski definition) is 3. The topological polar surface area (TPSA) is 60.8 Å². The summed E-state index contributed by atoms with van der Waals surface area (Å²) < 4.78 is 0. The van der Waals surface area contributed by atoms with Crippen LogP contribution in [0.15, 0.2) is 0 Å². The predicted molar refractivity (Wildman–Crippen MR) is 53.2 cm³/mol. The lowest BCUT2D eigenvalue weighted by molar-refractivity contribution is -0.138. The number of rotatable bonds is 6. The summed E-state index contributed by atoms with van der Waals surface area (Å²) in [5.41, 5.74) is 0. The van der Waals surface area contributed by atoms with Crippen LogP contribution >= 0.6 is 0 Å². The molecule has 4 nitrogen and oxygen atoms in total. The summed E-state index contributed by atoms with van der Waals surface area (Å²) in [4.78, 5) is 12.8. The first-order chi connectivity index (χ1) is 6.74. The van der Waals surface area contributed by atoms with Gasteiger partial charge in [-0.3, -0.25) is 9.69 Å². The molecular formula is C10H19NO3. The molecule has 82 valence electrons. The highest BCUT2D eigenvalue weighted by molar-refractivity contribution is 5.67. The van der Waals surface area contributed by atoms with E-state index in [0.717, 1.165) is 38.8 Å². The van der Waals surface area contributed by atoms with Crippen LogP contribution < -0.4 is 0 Å². The maximum absolute atomic E-state index is 10.6. The zero-order valence-electron chi connectivity index (χ0n) is 8.48. The van der Waals surface area contributed by atoms with Crippen molar-refractivity contribution >= 4 is 5.97 Å². The van der Waals surface area contributed by atoms with Gasteiger partial charge in [-0.25, -0.2) is 0 Å². The second-order valence-corrected chi connectivity index (χ2v) is 3.86. The average molecular weight is 201 g/mol. The zero-order valence-corrected chi connectivity index (χ0v) is 8.48. The van der Waals surface area contributed by atoms with Crippen molar-refractivity contribution in [3.63, 3.8) is 0 Å². The van der Waals surface area contributed by atoms with Gasteiger partial charge in [0.05, 0.1) is 6.42 Å². The van der Waals surface area contributed by atoms with Crippen molar-refractivity contribution in [1.29, 1.82) is 0 Å². The zero-order chi connectivity index (χ0) is 10.4. The van der Waals surface area contributed by atoms with Crippen LogP contribution in [0.5, 0.6) is 0 Å². The number of carboxylic acids is 1. The fourth-order valence-corrected chi connectivity index (χ4v) is 2.05. The van der Waals surface area contributed by atoms with Gasteiger partial charge in [0.25, 0.3) is 0 Å². The third-order valence-electron chi connectivity index (χ3n) is 2.76. The van der Waals surface area contributed by atoms with Crippen LogP contribution in [0.4, 0.5) is 0 Å². The lowest BCUT2D eigenvalue weighted by Crippen LogP contribution is -2.32. The number of aliphatic carboxylic acids is 1. The van der Waals surface area contributed by atoms with Gasteiger partial charge in [0.15, 0.2) is 0 Å². The van der Waals surface area contributed by atoms with Crippen molar-refractivity contribution in [1.82, 2.24) is 4.90 Å². The molecule has 2 N–H and O–H groups in total. The summed E-state index contributed by atoms with van der Waals surface area (Å²) in [6.45, 7) is 2.18. The maximum Gasteiger partial charge on any atom is 0.304 e. The van der Waals surface area contributed by atoms with Gasteiger partial charge < -0.3 is 10.2 Å². The summed E-state index contributed by atoms with van der Waals surface area (Å²) in [5.74, 6) is -0.705. The normalized spacial score (nSPS) is 22.8. The third kappa shape index (κ3) is 3.64. The fraction of sp³-hybridized carbons (Fsp3) is 0.900. The van der Waals surface area contributed by atoms with Crippen LogP contribution in [0.25, 0.3) is 0 Å². The van der Waals surface area contributed by atoms with E-state index >= 15 is 0 Å². The van der Waals surface area contributed by atoms with Gasteiger partial charge in [0.2, 0.25) is 0 Å². The molecule has 1 atom stereocenters. The van der Waals surface area contributed by atoms with Crippen LogP contribution in [0.1, 0.15) is 32.1 Å². The summed E-state index contributed by atoms with van der Waals surface area (Å²) in [6.07, 6.45) is 4.16. The first-order valence-corrected chi connectivity index (χ1v) is 5.30. The Bertz CT molecular complexity index is 184. The summed E-state index contributed by atoms with van der Waals surface area (Å²) >= 11 is 0. The number of likely N-dealkylation sites (tertiary alicyclic amines) is 1. The number of nitrogens with zero attached hydrogens (tertiary/aromatic N) is 1. The Morgan fingerprint density at radius 3 is 2.86 bits per heavy atom. The average Bonchev–Trinajstić information content (AvgIpc) is 2.52. The predicted octanol–water partition coefficient (Wildman–Crippen LogP) is 0.698. The van der Waals surface area contributed by atoms with Crippen molar-refractivity contribution in [3.05, 3.63) is 0 Å². The monoisotopic (exact) mass is 201 g/mol. The van der Waals surface area contributed by atoms with Crippen molar-refractivity contribution < 1.29 is 15.0 Å². The molecule has 0 aliphatic carbocycles. The second kappa shape index (κ2) is 5.98. The largest absolute Gasteiger partial charge is 0.481 e. The van der Waals surface area contributed by atoms with E-state index in [0.29, 0.717) is 0 Å². The Hall–Kier alpha value is -0.610. The van der Waals surface area contributed by atoms with Gasteiger partial charge in [-0.1, -0.05) is 0 Å². The maximum atomic E-state index is 10.6. The van der Waals surface area contributed by atoms with E-state index in [1.807, 2.05) is 0 Å². The van der Waals surface area contributed by atoms with E-state index < -0.39 is 5.97 Å². The van der Waals surface area contributed by atoms with E-state index in [-0.39, 0.29) is 19.1 Å². The molecule has 4 heteroatoms. The lowest BCUT2D eigenvalue weighted by Gasteiger charge is -2.22. The minimum atomic E-state index is -0.705. The van der Waals surface area contributed by atoms with Crippen LogP contribution in [0.2, 0.25) is 0 Å². The Balaban J connectivity index is 2.24. The van der Waals surface area contributed by atoms with Crippen molar-refractivity contribution in [2.45, 2.75) is 38.1 Å². The molecule has 1 unspecified atom stereocenters. The molecule has 0 aromatic carbocycles. The Morgan fingerprint density at radius 1 is 1.43 bits per heavy atom. The van der Waals surface area contributed by atoms with E-state index in [2.05, 4.69) is 4.90 Å². The highest BCUT2D eigenvalue weighted by Crippen LogP contribution is 2.20. The molecule has 0 amide bonds. The highest BCUT2D eigenvalue weighted by Gasteiger charge is 2.25. The Labute approximate surface area is 84.5 Å². The van der Waals surface area contributed by atoms with E-state index in [4.69, 9.17) is 10.2 Å². The highest BCUT2D eigenvalue weighted by atomic mass is 16.4. The molecule has 0 aromatic heterocycles. The molecule has 0 aromatic rings. The molecule has 0 saturated carbocycles. The molecule has 1 aliphatic heterocycles. The van der Waals surface area contributed by atoms with Gasteiger partial charge in [-0.15, -0.1) is 0 Å². The Morgan fingerprint density at radius 2 is 2.21 bits per heavy atom. The van der Waals surface area contributed by atoms with E-state index in [1.54, 1.807) is 0 Å². The number of aliphatic hydroxyl groups is 1. The third-order valence-corrected chi connectivity index (χ3v) is 2.76. The first-order valence-electron chi connectivity index (χ1n) is 5.30. The SMILES string of the molecule is O=C(O)CC1CCCN1CCCCO. The molecule has 1 saturated heterocycles. The van der Waals surface area contributed by atoms with Crippen LogP contribution in [0.3, 0.4) is 0 Å². The van der Waals surface area contributed by atoms with Crippen LogP contribution in [-0.4, -0.2) is 46.8 Å². The first kappa shape index (κ1) is 11.5. The van der Waals surface area contributed by atoms with Crippen LogP contribution in [-0.2, 0) is 4.79 Å². The number of hydrogen-bond donors (Lipinski definition) is 2. The number of carbonyl (C=O) groups is 1. The van der Waals surface area contributed by atoms with Gasteiger partial charge in [0.1, 0.15) is 0 Å². The number of unbranched alkanes of at least 4 members (excludes halogenated alkanes) is 1. The van der Waals surface area contributed by atoms with Crippen molar-refractivity contribution in [3.8, 4) is 0 Å². The van der Waals surface area contributed by atoms with Crippen LogP contribution in [0, 0.1) is 0 Å². The molecule has 0 spiro atoms. The van der Waals surface area contributed by atoms with E-state index in [1.165, 1.54) is 0 Å². The number of carboxylic acid groups (broad SMARTS) is 1. The van der Waals surface area contributed by atoms with Gasteiger partial charge >= 0.3 is 5.97 Å². The minimum absolute atomic E-state index is 0.228. The fourth-order valence-electron chi connectivity index (χ4n) is 2.05. The molecule has 1 aliphatic rings.